The van der Waals surface area contributed by atoms with Crippen LogP contribution in [-0.2, 0) is 13.0 Å². The molecule has 1 aromatic heterocycles. The third kappa shape index (κ3) is 2.55. The quantitative estimate of drug-likeness (QED) is 0.726. The number of ether oxygens (including phenoxy) is 2. The molecule has 0 spiro atoms. The molecule has 2 aromatic carbocycles. The Morgan fingerprint density at radius 2 is 1.80 bits per heavy atom. The second kappa shape index (κ2) is 6.08. The molecule has 0 amide bonds. The maximum Gasteiger partial charge on any atom is 0.185 e. The summed E-state index contributed by atoms with van der Waals surface area (Å²) in [6.45, 7) is 1.86. The molecule has 0 atom stereocenters. The number of rotatable bonds is 3. The van der Waals surface area contributed by atoms with Crippen molar-refractivity contribution in [2.45, 2.75) is 13.0 Å². The number of methoxy groups -OCH3 is 2. The lowest BCUT2D eigenvalue weighted by atomic mass is 10.0. The van der Waals surface area contributed by atoms with Crippen LogP contribution in [0.25, 0.3) is 16.6 Å². The molecule has 1 aliphatic rings. The SMILES string of the molecule is COc1cc2c3c(cn(-c4ccc(F)cc4)c3c1OC)CN(C)CC2. The zero-order chi connectivity index (χ0) is 17.6. The van der Waals surface area contributed by atoms with Crippen LogP contribution in [0.3, 0.4) is 0 Å². The van der Waals surface area contributed by atoms with Crippen LogP contribution >= 0.6 is 0 Å². The van der Waals surface area contributed by atoms with E-state index in [9.17, 15) is 4.39 Å². The summed E-state index contributed by atoms with van der Waals surface area (Å²) in [5.41, 5.74) is 4.38. The summed E-state index contributed by atoms with van der Waals surface area (Å²) in [5.74, 6) is 1.19. The fourth-order valence-corrected chi connectivity index (χ4v) is 3.70. The molecule has 0 radical (unpaired) electrons. The van der Waals surface area contributed by atoms with Gasteiger partial charge in [-0.2, -0.15) is 0 Å². The molecule has 0 aliphatic carbocycles. The van der Waals surface area contributed by atoms with Gasteiger partial charge >= 0.3 is 0 Å². The molecule has 2 heterocycles. The second-order valence-corrected chi connectivity index (χ2v) is 6.48. The van der Waals surface area contributed by atoms with Crippen molar-refractivity contribution in [2.24, 2.45) is 0 Å². The minimum Gasteiger partial charge on any atom is -0.493 e. The molecule has 0 N–H and O–H groups in total. The van der Waals surface area contributed by atoms with Crippen molar-refractivity contribution >= 4 is 10.9 Å². The van der Waals surface area contributed by atoms with Crippen molar-refractivity contribution in [3.05, 3.63) is 53.5 Å². The summed E-state index contributed by atoms with van der Waals surface area (Å²) < 4.78 is 26.7. The van der Waals surface area contributed by atoms with Crippen LogP contribution in [0.1, 0.15) is 11.1 Å². The van der Waals surface area contributed by atoms with Crippen molar-refractivity contribution < 1.29 is 13.9 Å². The summed E-state index contributed by atoms with van der Waals surface area (Å²) in [6, 6.07) is 8.61. The fraction of sp³-hybridized carbons (Fsp3) is 0.300. The Morgan fingerprint density at radius 1 is 1.04 bits per heavy atom. The molecule has 4 nitrogen and oxygen atoms in total. The molecule has 0 saturated heterocycles. The molecule has 0 fully saturated rings. The molecular formula is C20H21FN2O2. The highest BCUT2D eigenvalue weighted by molar-refractivity contribution is 5.95. The van der Waals surface area contributed by atoms with E-state index >= 15 is 0 Å². The summed E-state index contributed by atoms with van der Waals surface area (Å²) in [4.78, 5) is 2.31. The van der Waals surface area contributed by atoms with Gasteiger partial charge < -0.3 is 18.9 Å². The van der Waals surface area contributed by atoms with Crippen LogP contribution in [0.4, 0.5) is 4.39 Å². The summed E-state index contributed by atoms with van der Waals surface area (Å²) in [5, 5.41) is 1.21. The Balaban J connectivity index is 2.08. The van der Waals surface area contributed by atoms with Crippen molar-refractivity contribution in [2.75, 3.05) is 27.8 Å². The predicted molar refractivity (Wildman–Crippen MR) is 96.4 cm³/mol. The van der Waals surface area contributed by atoms with E-state index in [1.54, 1.807) is 26.4 Å². The van der Waals surface area contributed by atoms with Crippen LogP contribution in [0.5, 0.6) is 11.5 Å². The van der Waals surface area contributed by atoms with Gasteiger partial charge in [-0.1, -0.05) is 0 Å². The third-order valence-electron chi connectivity index (χ3n) is 4.88. The summed E-state index contributed by atoms with van der Waals surface area (Å²) >= 11 is 0. The molecule has 0 unspecified atom stereocenters. The second-order valence-electron chi connectivity index (χ2n) is 6.48. The van der Waals surface area contributed by atoms with Gasteiger partial charge in [0.1, 0.15) is 5.82 Å². The van der Waals surface area contributed by atoms with Crippen molar-refractivity contribution in [3.8, 4) is 17.2 Å². The maximum atomic E-state index is 13.4. The summed E-state index contributed by atoms with van der Waals surface area (Å²) in [6.07, 6.45) is 3.08. The normalized spacial score (nSPS) is 14.6. The van der Waals surface area contributed by atoms with E-state index in [4.69, 9.17) is 9.47 Å². The molecule has 3 aromatic rings. The van der Waals surface area contributed by atoms with E-state index in [1.807, 2.05) is 0 Å². The van der Waals surface area contributed by atoms with Gasteiger partial charge in [0, 0.05) is 30.4 Å². The smallest absolute Gasteiger partial charge is 0.185 e. The minimum absolute atomic E-state index is 0.244. The molecule has 0 bridgehead atoms. The number of aromatic nitrogens is 1. The predicted octanol–water partition coefficient (Wildman–Crippen LogP) is 3.77. The van der Waals surface area contributed by atoms with E-state index < -0.39 is 0 Å². The van der Waals surface area contributed by atoms with Gasteiger partial charge in [0.05, 0.1) is 19.7 Å². The number of hydrogen-bond donors (Lipinski definition) is 0. The average Bonchev–Trinajstić information content (AvgIpc) is 2.90. The van der Waals surface area contributed by atoms with E-state index in [0.717, 1.165) is 36.5 Å². The van der Waals surface area contributed by atoms with E-state index in [1.165, 1.54) is 28.6 Å². The van der Waals surface area contributed by atoms with E-state index in [-0.39, 0.29) is 5.82 Å². The first kappa shape index (κ1) is 16.0. The van der Waals surface area contributed by atoms with Crippen molar-refractivity contribution in [3.63, 3.8) is 0 Å². The largest absolute Gasteiger partial charge is 0.493 e. The van der Waals surface area contributed by atoms with Gasteiger partial charge in [0.25, 0.3) is 0 Å². The van der Waals surface area contributed by atoms with E-state index in [0.29, 0.717) is 5.75 Å². The van der Waals surface area contributed by atoms with Crippen LogP contribution in [0.15, 0.2) is 36.5 Å². The third-order valence-corrected chi connectivity index (χ3v) is 4.88. The number of nitrogens with zero attached hydrogens (tertiary/aromatic N) is 2. The molecule has 4 rings (SSSR count). The van der Waals surface area contributed by atoms with Crippen molar-refractivity contribution in [1.29, 1.82) is 0 Å². The van der Waals surface area contributed by atoms with Gasteiger partial charge in [-0.15, -0.1) is 0 Å². The van der Waals surface area contributed by atoms with Gasteiger partial charge in [0.2, 0.25) is 0 Å². The lowest BCUT2D eigenvalue weighted by Gasteiger charge is -2.16. The number of hydrogen-bond acceptors (Lipinski definition) is 3. The highest BCUT2D eigenvalue weighted by Gasteiger charge is 2.24. The Bertz CT molecular complexity index is 931. The lowest BCUT2D eigenvalue weighted by Crippen LogP contribution is -2.18. The zero-order valence-corrected chi connectivity index (χ0v) is 14.7. The molecule has 130 valence electrons. The first-order chi connectivity index (χ1) is 12.1. The number of halogens is 1. The number of likely N-dealkylation sites (N-methyl/N-ethyl adjacent to an activating group) is 1. The van der Waals surface area contributed by atoms with Gasteiger partial charge in [-0.3, -0.25) is 0 Å². The average molecular weight is 340 g/mol. The van der Waals surface area contributed by atoms with Crippen LogP contribution < -0.4 is 9.47 Å². The Hall–Kier alpha value is -2.53. The maximum absolute atomic E-state index is 13.4. The Labute approximate surface area is 146 Å². The van der Waals surface area contributed by atoms with E-state index in [2.05, 4.69) is 28.8 Å². The lowest BCUT2D eigenvalue weighted by molar-refractivity contribution is 0.335. The van der Waals surface area contributed by atoms with Crippen LogP contribution in [0, 0.1) is 5.82 Å². The zero-order valence-electron chi connectivity index (χ0n) is 14.7. The molecule has 25 heavy (non-hydrogen) atoms. The Kier molecular flexibility index (Phi) is 3.88. The topological polar surface area (TPSA) is 26.6 Å². The molecule has 0 saturated carbocycles. The van der Waals surface area contributed by atoms with Crippen LogP contribution in [-0.4, -0.2) is 37.3 Å². The van der Waals surface area contributed by atoms with Gasteiger partial charge in [0.15, 0.2) is 11.5 Å². The highest BCUT2D eigenvalue weighted by Crippen LogP contribution is 2.42. The molecule has 1 aliphatic heterocycles. The summed E-state index contributed by atoms with van der Waals surface area (Å²) in [7, 11) is 5.44. The number of benzene rings is 2. The monoisotopic (exact) mass is 340 g/mol. The minimum atomic E-state index is -0.244. The first-order valence-electron chi connectivity index (χ1n) is 8.34. The molecule has 5 heteroatoms. The Morgan fingerprint density at radius 3 is 2.48 bits per heavy atom. The standard InChI is InChI=1S/C20H21FN2O2/c1-22-9-8-13-10-17(24-2)20(25-3)19-18(13)14(11-22)12-23(19)16-6-4-15(21)5-7-16/h4-7,10,12H,8-9,11H2,1-3H3. The van der Waals surface area contributed by atoms with Crippen LogP contribution in [0.2, 0.25) is 0 Å². The van der Waals surface area contributed by atoms with Gasteiger partial charge in [-0.05, 0) is 54.9 Å². The first-order valence-corrected chi connectivity index (χ1v) is 8.34. The van der Waals surface area contributed by atoms with Gasteiger partial charge in [-0.25, -0.2) is 4.39 Å². The fourth-order valence-electron chi connectivity index (χ4n) is 3.70. The highest BCUT2D eigenvalue weighted by atomic mass is 19.1. The van der Waals surface area contributed by atoms with Crippen molar-refractivity contribution in [1.82, 2.24) is 9.47 Å². The molecular weight excluding hydrogens is 319 g/mol.